The highest BCUT2D eigenvalue weighted by molar-refractivity contribution is 7.91. The number of fused-ring (bicyclic) bond motifs is 2. The third-order valence-corrected chi connectivity index (χ3v) is 13.8. The molecule has 0 aliphatic rings. The van der Waals surface area contributed by atoms with E-state index in [1.807, 2.05) is 0 Å². The molecule has 0 aliphatic heterocycles. The Labute approximate surface area is 360 Å². The van der Waals surface area contributed by atoms with Crippen LogP contribution in [-0.4, -0.2) is 109 Å². The SMILES string of the molecule is COc1c(N=Nc2c(S(=O)(=O)O)cc3cc(N=Nc4c(S(=O)(=O)O)cc5cc(S(=O)(=O)O)cc(NC(C)=O)c5c4O)ccc3c2O)cc(S(=O)(=O)CCOS(=O)(=O)O)cc1S(=O)(=O)O. The molecule has 8 N–H and O–H groups in total. The number of methoxy groups -OCH3 is 1. The molecule has 5 aromatic carbocycles. The van der Waals surface area contributed by atoms with Gasteiger partial charge in [0.05, 0.1) is 40.6 Å². The number of rotatable bonds is 15. The van der Waals surface area contributed by atoms with Crippen molar-refractivity contribution >= 4 is 117 Å². The number of ether oxygens (including phenoxy) is 1. The second kappa shape index (κ2) is 17.3. The molecule has 5 aromatic rings. The number of aromatic hydroxyl groups is 2. The number of benzene rings is 5. The number of nitrogens with one attached hydrogen (secondary N) is 1. The van der Waals surface area contributed by atoms with E-state index in [4.69, 9.17) is 9.29 Å². The van der Waals surface area contributed by atoms with Crippen LogP contribution in [0.15, 0.2) is 99.5 Å². The molecule has 0 unspecified atom stereocenters. The largest absolute Gasteiger partial charge is 0.505 e. The van der Waals surface area contributed by atoms with Crippen LogP contribution in [0.1, 0.15) is 6.92 Å². The van der Waals surface area contributed by atoms with Crippen LogP contribution in [-0.2, 0) is 69.7 Å². The van der Waals surface area contributed by atoms with Gasteiger partial charge in [0.2, 0.25) is 5.91 Å². The predicted octanol–water partition coefficient (Wildman–Crippen LogP) is 3.78. The molecular formula is C31H27N5O22S6. The molecule has 0 saturated carbocycles. The molecule has 1 amide bonds. The predicted molar refractivity (Wildman–Crippen MR) is 216 cm³/mol. The summed E-state index contributed by atoms with van der Waals surface area (Å²) in [5.41, 5.74) is -3.74. The summed E-state index contributed by atoms with van der Waals surface area (Å²) in [4.78, 5) is 6.43. The molecule has 0 saturated heterocycles. The minimum atomic E-state index is -5.42. The Morgan fingerprint density at radius 2 is 1.19 bits per heavy atom. The van der Waals surface area contributed by atoms with Gasteiger partial charge < -0.3 is 20.3 Å². The molecule has 344 valence electrons. The molecule has 0 atom stereocenters. The monoisotopic (exact) mass is 1010 g/mol. The average Bonchev–Trinajstić information content (AvgIpc) is 3.13. The zero-order chi connectivity index (χ0) is 48.1. The van der Waals surface area contributed by atoms with E-state index in [2.05, 4.69) is 30.0 Å². The number of amides is 1. The van der Waals surface area contributed by atoms with Gasteiger partial charge in [0, 0.05) is 17.7 Å². The normalized spacial score (nSPS) is 13.3. The second-order valence-corrected chi connectivity index (χ2v) is 21.4. The minimum absolute atomic E-state index is 0.296. The van der Waals surface area contributed by atoms with E-state index >= 15 is 0 Å². The van der Waals surface area contributed by atoms with E-state index < -0.39 is 154 Å². The summed E-state index contributed by atoms with van der Waals surface area (Å²) >= 11 is 0. The van der Waals surface area contributed by atoms with Crippen LogP contribution in [0.4, 0.5) is 28.4 Å². The van der Waals surface area contributed by atoms with Crippen molar-refractivity contribution in [1.82, 2.24) is 0 Å². The summed E-state index contributed by atoms with van der Waals surface area (Å²) in [5.74, 6) is -5.11. The van der Waals surface area contributed by atoms with Gasteiger partial charge in [0.25, 0.3) is 40.5 Å². The van der Waals surface area contributed by atoms with Gasteiger partial charge in [-0.15, -0.1) is 15.3 Å². The Morgan fingerprint density at radius 3 is 1.72 bits per heavy atom. The van der Waals surface area contributed by atoms with Crippen LogP contribution in [0.3, 0.4) is 0 Å². The van der Waals surface area contributed by atoms with Crippen LogP contribution in [0.25, 0.3) is 21.5 Å². The Balaban J connectivity index is 1.68. The van der Waals surface area contributed by atoms with Gasteiger partial charge in [-0.2, -0.15) is 47.2 Å². The molecule has 33 heteroatoms. The van der Waals surface area contributed by atoms with Crippen molar-refractivity contribution in [1.29, 1.82) is 0 Å². The van der Waals surface area contributed by atoms with Crippen molar-refractivity contribution in [2.75, 3.05) is 24.8 Å². The highest BCUT2D eigenvalue weighted by Crippen LogP contribution is 2.47. The molecule has 0 bridgehead atoms. The molecule has 27 nitrogen and oxygen atoms in total. The van der Waals surface area contributed by atoms with Crippen LogP contribution in [0.5, 0.6) is 17.2 Å². The second-order valence-electron chi connectivity index (χ2n) is 12.6. The third kappa shape index (κ3) is 10.9. The highest BCUT2D eigenvalue weighted by Gasteiger charge is 2.29. The summed E-state index contributed by atoms with van der Waals surface area (Å²) in [7, 11) is -30.2. The van der Waals surface area contributed by atoms with E-state index in [1.54, 1.807) is 0 Å². The van der Waals surface area contributed by atoms with Crippen molar-refractivity contribution in [2.45, 2.75) is 31.4 Å². The number of anilines is 1. The highest BCUT2D eigenvalue weighted by atomic mass is 32.3. The van der Waals surface area contributed by atoms with Crippen molar-refractivity contribution in [3.63, 3.8) is 0 Å². The van der Waals surface area contributed by atoms with Gasteiger partial charge in [0.15, 0.2) is 27.1 Å². The van der Waals surface area contributed by atoms with Crippen molar-refractivity contribution in [3.8, 4) is 17.2 Å². The van der Waals surface area contributed by atoms with Crippen LogP contribution in [0, 0.1) is 0 Å². The smallest absolute Gasteiger partial charge is 0.397 e. The lowest BCUT2D eigenvalue weighted by atomic mass is 10.1. The number of carbonyl (C=O) groups is 1. The number of carbonyl (C=O) groups excluding carboxylic acids is 1. The molecule has 0 aliphatic carbocycles. The zero-order valence-electron chi connectivity index (χ0n) is 31.6. The van der Waals surface area contributed by atoms with Crippen molar-refractivity contribution in [3.05, 3.63) is 54.6 Å². The average molecular weight is 1010 g/mol. The van der Waals surface area contributed by atoms with Crippen LogP contribution < -0.4 is 10.1 Å². The fourth-order valence-corrected chi connectivity index (χ4v) is 9.83. The minimum Gasteiger partial charge on any atom is -0.505 e. The maximum absolute atomic E-state index is 13.0. The van der Waals surface area contributed by atoms with Gasteiger partial charge in [-0.1, -0.05) is 0 Å². The van der Waals surface area contributed by atoms with Gasteiger partial charge in [-0.05, 0) is 65.4 Å². The first-order chi connectivity index (χ1) is 29.2. The lowest BCUT2D eigenvalue weighted by molar-refractivity contribution is -0.114. The number of phenolic OH excluding ortho intramolecular Hbond substituents is 2. The van der Waals surface area contributed by atoms with E-state index in [1.165, 1.54) is 0 Å². The number of sulfone groups is 1. The van der Waals surface area contributed by atoms with Gasteiger partial charge in [-0.3, -0.25) is 27.6 Å². The molecule has 5 rings (SSSR count). The first-order valence-corrected chi connectivity index (χ1v) is 25.2. The molecule has 0 heterocycles. The Morgan fingerprint density at radius 1 is 0.625 bits per heavy atom. The maximum atomic E-state index is 13.0. The molecule has 0 aromatic heterocycles. The van der Waals surface area contributed by atoms with Gasteiger partial charge in [-0.25, -0.2) is 12.6 Å². The number of hydrogen-bond acceptors (Lipinski definition) is 21. The lowest BCUT2D eigenvalue weighted by Gasteiger charge is -2.14. The molecule has 0 radical (unpaired) electrons. The zero-order valence-corrected chi connectivity index (χ0v) is 36.5. The summed E-state index contributed by atoms with van der Waals surface area (Å²) in [6, 6.07) is 6.72. The van der Waals surface area contributed by atoms with E-state index in [9.17, 15) is 83.7 Å². The van der Waals surface area contributed by atoms with E-state index in [0.717, 1.165) is 32.2 Å². The summed E-state index contributed by atoms with van der Waals surface area (Å²) in [6.45, 7) is -0.196. The quantitative estimate of drug-likeness (QED) is 0.0546. The number of azo groups is 2. The Bertz CT molecular complexity index is 3580. The summed E-state index contributed by atoms with van der Waals surface area (Å²) in [6.07, 6.45) is 0. The first kappa shape index (κ1) is 49.2. The molecule has 0 fully saturated rings. The molecule has 64 heavy (non-hydrogen) atoms. The van der Waals surface area contributed by atoms with Gasteiger partial charge in [0.1, 0.15) is 31.7 Å². The molecule has 0 spiro atoms. The third-order valence-electron chi connectivity index (χ3n) is 8.28. The topological polar surface area (TPSA) is 443 Å². The van der Waals surface area contributed by atoms with E-state index in [-0.39, 0.29) is 16.5 Å². The standard InChI is InChI=1S/C31H27N5O22S6/c1-14(37)32-21-12-19(60(42,43)44)8-16-10-24(62(48,49)50)28(30(39)26(16)21)35-33-17-3-4-20-15(7-17)9-23(61(45,46)47)27(29(20)38)36-34-22-11-18(13-25(31(22)57-2)63(51,52)53)59(40,41)6-5-58-64(54,55)56/h3-4,7-13,38-39H,5-6H2,1-2H3,(H,32,37)(H,42,43,44)(H,45,46,47)(H,48,49,50)(H,51,52,53)(H,54,55,56). The van der Waals surface area contributed by atoms with Gasteiger partial charge >= 0.3 is 10.4 Å². The summed E-state index contributed by atoms with van der Waals surface area (Å²) < 4.78 is 203. The van der Waals surface area contributed by atoms with Crippen LogP contribution in [0.2, 0.25) is 0 Å². The van der Waals surface area contributed by atoms with Crippen LogP contribution >= 0.6 is 0 Å². The van der Waals surface area contributed by atoms with Crippen molar-refractivity contribution in [2.24, 2.45) is 20.5 Å². The number of phenols is 2. The fourth-order valence-electron chi connectivity index (χ4n) is 5.68. The maximum Gasteiger partial charge on any atom is 0.397 e. The Hall–Kier alpha value is -5.85. The lowest BCUT2D eigenvalue weighted by Crippen LogP contribution is -2.16. The number of hydrogen-bond donors (Lipinski definition) is 8. The number of nitrogens with zero attached hydrogens (tertiary/aromatic N) is 4. The van der Waals surface area contributed by atoms with Crippen molar-refractivity contribution < 1.29 is 97.2 Å². The van der Waals surface area contributed by atoms with E-state index in [0.29, 0.717) is 36.4 Å². The molecular weight excluding hydrogens is 987 g/mol. The first-order valence-electron chi connectivity index (χ1n) is 16.4. The Kier molecular flexibility index (Phi) is 13.3. The summed E-state index contributed by atoms with van der Waals surface area (Å²) in [5, 5.41) is 37.8. The fraction of sp³-hybridized carbons (Fsp3) is 0.129.